The number of nitrogens with zero attached hydrogens (tertiary/aromatic N) is 3. The average molecular weight is 231 g/mol. The summed E-state index contributed by atoms with van der Waals surface area (Å²) < 4.78 is 1.68. The molecule has 4 heteroatoms. The second-order valence-electron chi connectivity index (χ2n) is 5.51. The molecule has 0 amide bonds. The lowest BCUT2D eigenvalue weighted by Gasteiger charge is -2.35. The highest BCUT2D eigenvalue weighted by molar-refractivity contribution is 5.21. The molecule has 2 fully saturated rings. The zero-order valence-corrected chi connectivity index (χ0v) is 10.0. The molecular weight excluding hydrogens is 214 g/mol. The summed E-state index contributed by atoms with van der Waals surface area (Å²) >= 11 is 0. The quantitative estimate of drug-likeness (QED) is 0.844. The first-order chi connectivity index (χ1) is 8.17. The molecule has 0 radical (unpaired) electrons. The zero-order valence-electron chi connectivity index (χ0n) is 10.0. The molecule has 2 bridgehead atoms. The van der Waals surface area contributed by atoms with E-state index in [1.54, 1.807) is 10.9 Å². The average Bonchev–Trinajstić information content (AvgIpc) is 3.02. The van der Waals surface area contributed by atoms with Gasteiger partial charge in [0, 0.05) is 13.2 Å². The van der Waals surface area contributed by atoms with E-state index in [0.717, 1.165) is 25.0 Å². The van der Waals surface area contributed by atoms with Crippen molar-refractivity contribution in [3.8, 4) is 6.07 Å². The number of aromatic nitrogens is 2. The SMILES string of the molecule is Cn1nccc1C(O)C1(C#N)CC2CCC1C2. The van der Waals surface area contributed by atoms with Gasteiger partial charge in [-0.3, -0.25) is 4.68 Å². The minimum Gasteiger partial charge on any atom is -0.385 e. The molecular formula is C13H17N3O. The van der Waals surface area contributed by atoms with Gasteiger partial charge in [0.15, 0.2) is 0 Å². The summed E-state index contributed by atoms with van der Waals surface area (Å²) in [7, 11) is 1.82. The van der Waals surface area contributed by atoms with Gasteiger partial charge in [-0.2, -0.15) is 10.4 Å². The lowest BCUT2D eigenvalue weighted by atomic mass is 9.69. The molecule has 0 spiro atoms. The number of fused-ring (bicyclic) bond motifs is 2. The van der Waals surface area contributed by atoms with Crippen molar-refractivity contribution >= 4 is 0 Å². The minimum absolute atomic E-state index is 0.363. The molecule has 4 atom stereocenters. The van der Waals surface area contributed by atoms with E-state index in [1.165, 1.54) is 6.42 Å². The molecule has 0 aromatic carbocycles. The molecule has 2 aliphatic carbocycles. The standard InChI is InChI=1S/C13H17N3O/c1-16-11(4-5-15-16)12(17)13(8-14)7-9-2-3-10(13)6-9/h4-5,9-10,12,17H,2-3,6-7H2,1H3. The van der Waals surface area contributed by atoms with Crippen LogP contribution < -0.4 is 0 Å². The Hall–Kier alpha value is -1.34. The van der Waals surface area contributed by atoms with E-state index in [2.05, 4.69) is 11.2 Å². The van der Waals surface area contributed by atoms with Crippen LogP contribution in [0.5, 0.6) is 0 Å². The fourth-order valence-corrected chi connectivity index (χ4v) is 3.82. The van der Waals surface area contributed by atoms with E-state index in [1.807, 2.05) is 13.1 Å². The lowest BCUT2D eigenvalue weighted by molar-refractivity contribution is 0.0176. The maximum absolute atomic E-state index is 10.6. The molecule has 0 saturated heterocycles. The van der Waals surface area contributed by atoms with Crippen LogP contribution in [0.3, 0.4) is 0 Å². The van der Waals surface area contributed by atoms with Crippen molar-refractivity contribution in [2.75, 3.05) is 0 Å². The van der Waals surface area contributed by atoms with Gasteiger partial charge in [0.2, 0.25) is 0 Å². The summed E-state index contributed by atoms with van der Waals surface area (Å²) in [6.45, 7) is 0. The smallest absolute Gasteiger partial charge is 0.114 e. The van der Waals surface area contributed by atoms with E-state index in [0.29, 0.717) is 11.8 Å². The summed E-state index contributed by atoms with van der Waals surface area (Å²) in [4.78, 5) is 0. The molecule has 1 aromatic heterocycles. The van der Waals surface area contributed by atoms with Crippen LogP contribution in [-0.4, -0.2) is 14.9 Å². The lowest BCUT2D eigenvalue weighted by Crippen LogP contribution is -2.34. The first-order valence-corrected chi connectivity index (χ1v) is 6.24. The van der Waals surface area contributed by atoms with Gasteiger partial charge in [0.25, 0.3) is 0 Å². The van der Waals surface area contributed by atoms with Crippen molar-refractivity contribution in [3.05, 3.63) is 18.0 Å². The number of aryl methyl sites for hydroxylation is 1. The van der Waals surface area contributed by atoms with E-state index in [9.17, 15) is 10.4 Å². The van der Waals surface area contributed by atoms with Crippen molar-refractivity contribution in [2.45, 2.75) is 31.8 Å². The first kappa shape index (κ1) is 10.8. The van der Waals surface area contributed by atoms with Crippen molar-refractivity contribution in [1.29, 1.82) is 5.26 Å². The maximum atomic E-state index is 10.6. The molecule has 1 aromatic rings. The first-order valence-electron chi connectivity index (χ1n) is 6.24. The third-order valence-corrected chi connectivity index (χ3v) is 4.73. The van der Waals surface area contributed by atoms with Gasteiger partial charge in [-0.15, -0.1) is 0 Å². The Bertz CT molecular complexity index is 475. The molecule has 4 nitrogen and oxygen atoms in total. The van der Waals surface area contributed by atoms with Crippen molar-refractivity contribution in [3.63, 3.8) is 0 Å². The van der Waals surface area contributed by atoms with Crippen molar-refractivity contribution < 1.29 is 5.11 Å². The van der Waals surface area contributed by atoms with Crippen LogP contribution in [0.25, 0.3) is 0 Å². The van der Waals surface area contributed by atoms with Crippen LogP contribution in [0.4, 0.5) is 0 Å². The molecule has 90 valence electrons. The summed E-state index contributed by atoms with van der Waals surface area (Å²) in [6, 6.07) is 4.25. The van der Waals surface area contributed by atoms with E-state index < -0.39 is 11.5 Å². The third-order valence-electron chi connectivity index (χ3n) is 4.73. The molecule has 2 saturated carbocycles. The van der Waals surface area contributed by atoms with Crippen molar-refractivity contribution in [2.24, 2.45) is 24.3 Å². The fourth-order valence-electron chi connectivity index (χ4n) is 3.82. The third kappa shape index (κ3) is 1.35. The molecule has 0 aliphatic heterocycles. The maximum Gasteiger partial charge on any atom is 0.114 e. The van der Waals surface area contributed by atoms with Gasteiger partial charge in [-0.25, -0.2) is 0 Å². The molecule has 1 N–H and O–H groups in total. The largest absolute Gasteiger partial charge is 0.385 e. The number of aliphatic hydroxyl groups excluding tert-OH is 1. The van der Waals surface area contributed by atoms with Gasteiger partial charge in [0.1, 0.15) is 6.10 Å². The fraction of sp³-hybridized carbons (Fsp3) is 0.692. The topological polar surface area (TPSA) is 61.8 Å². The van der Waals surface area contributed by atoms with Gasteiger partial charge in [-0.1, -0.05) is 6.42 Å². The van der Waals surface area contributed by atoms with E-state index in [-0.39, 0.29) is 0 Å². The number of hydrogen-bond acceptors (Lipinski definition) is 3. The van der Waals surface area contributed by atoms with E-state index in [4.69, 9.17) is 0 Å². The Morgan fingerprint density at radius 2 is 2.47 bits per heavy atom. The summed E-state index contributed by atoms with van der Waals surface area (Å²) in [6.07, 6.45) is 5.26. The summed E-state index contributed by atoms with van der Waals surface area (Å²) in [5, 5.41) is 24.2. The highest BCUT2D eigenvalue weighted by Crippen LogP contribution is 2.60. The molecule has 3 rings (SSSR count). The van der Waals surface area contributed by atoms with Crippen molar-refractivity contribution in [1.82, 2.24) is 9.78 Å². The van der Waals surface area contributed by atoms with Crippen LogP contribution >= 0.6 is 0 Å². The Morgan fingerprint density at radius 3 is 2.94 bits per heavy atom. The van der Waals surface area contributed by atoms with Crippen LogP contribution in [-0.2, 0) is 7.05 Å². The number of hydrogen-bond donors (Lipinski definition) is 1. The number of nitriles is 1. The van der Waals surface area contributed by atoms with Gasteiger partial charge in [-0.05, 0) is 37.2 Å². The van der Waals surface area contributed by atoms with Crippen LogP contribution in [0.1, 0.15) is 37.5 Å². The van der Waals surface area contributed by atoms with Crippen LogP contribution in [0.15, 0.2) is 12.3 Å². The monoisotopic (exact) mass is 231 g/mol. The highest BCUT2D eigenvalue weighted by atomic mass is 16.3. The zero-order chi connectivity index (χ0) is 12.0. The summed E-state index contributed by atoms with van der Waals surface area (Å²) in [5.74, 6) is 1.00. The molecule has 4 unspecified atom stereocenters. The second kappa shape index (κ2) is 3.58. The normalized spacial score (nSPS) is 37.0. The van der Waals surface area contributed by atoms with Gasteiger partial charge in [0.05, 0.1) is 17.2 Å². The van der Waals surface area contributed by atoms with Crippen LogP contribution in [0, 0.1) is 28.6 Å². The summed E-state index contributed by atoms with van der Waals surface area (Å²) in [5.41, 5.74) is 0.190. The highest BCUT2D eigenvalue weighted by Gasteiger charge is 2.56. The Morgan fingerprint density at radius 1 is 1.65 bits per heavy atom. The second-order valence-corrected chi connectivity index (χ2v) is 5.51. The molecule has 1 heterocycles. The van der Waals surface area contributed by atoms with Gasteiger partial charge < -0.3 is 5.11 Å². The Labute approximate surface area is 101 Å². The van der Waals surface area contributed by atoms with E-state index >= 15 is 0 Å². The Kier molecular flexibility index (Phi) is 2.27. The Balaban J connectivity index is 1.97. The predicted octanol–water partition coefficient (Wildman–Crippen LogP) is 1.78. The van der Waals surface area contributed by atoms with Crippen LogP contribution in [0.2, 0.25) is 0 Å². The molecule has 2 aliphatic rings. The number of rotatable bonds is 2. The van der Waals surface area contributed by atoms with Gasteiger partial charge >= 0.3 is 0 Å². The minimum atomic E-state index is -0.699. The molecule has 17 heavy (non-hydrogen) atoms. The predicted molar refractivity (Wildman–Crippen MR) is 61.7 cm³/mol. The number of aliphatic hydroxyl groups is 1.